The monoisotopic (exact) mass is 272 g/mol. The third-order valence-corrected chi connectivity index (χ3v) is 5.50. The highest BCUT2D eigenvalue weighted by Crippen LogP contribution is 2.31. The molecule has 1 N–H and O–H groups in total. The molecule has 2 aliphatic rings. The van der Waals surface area contributed by atoms with Gasteiger partial charge in [-0.3, -0.25) is 0 Å². The molecule has 2 rings (SSSR count). The molecule has 18 heavy (non-hydrogen) atoms. The molecule has 1 atom stereocenters. The van der Waals surface area contributed by atoms with Gasteiger partial charge >= 0.3 is 0 Å². The van der Waals surface area contributed by atoms with Crippen molar-refractivity contribution in [1.29, 1.82) is 0 Å². The summed E-state index contributed by atoms with van der Waals surface area (Å²) in [5.41, 5.74) is 0.377. The Balaban J connectivity index is 1.82. The highest BCUT2D eigenvalue weighted by molar-refractivity contribution is 7.99. The first-order valence-corrected chi connectivity index (χ1v) is 8.60. The first kappa shape index (κ1) is 14.6. The van der Waals surface area contributed by atoms with Crippen LogP contribution in [-0.2, 0) is 4.74 Å². The molecule has 4 heteroatoms. The zero-order valence-electron chi connectivity index (χ0n) is 11.9. The van der Waals surface area contributed by atoms with E-state index in [2.05, 4.69) is 23.4 Å². The highest BCUT2D eigenvalue weighted by Gasteiger charge is 2.36. The van der Waals surface area contributed by atoms with E-state index in [1.165, 1.54) is 38.9 Å². The lowest BCUT2D eigenvalue weighted by atomic mass is 9.86. The molecule has 0 bridgehead atoms. The first-order valence-electron chi connectivity index (χ1n) is 7.31. The molecule has 1 unspecified atom stereocenters. The van der Waals surface area contributed by atoms with Crippen molar-refractivity contribution in [1.82, 2.24) is 10.2 Å². The third kappa shape index (κ3) is 3.86. The van der Waals surface area contributed by atoms with Crippen molar-refractivity contribution in [2.75, 3.05) is 52.2 Å². The Kier molecular flexibility index (Phi) is 5.80. The number of rotatable bonds is 6. The molecule has 0 aromatic heterocycles. The van der Waals surface area contributed by atoms with E-state index in [9.17, 15) is 0 Å². The summed E-state index contributed by atoms with van der Waals surface area (Å²) in [6.07, 6.45) is 6.19. The minimum absolute atomic E-state index is 0.377. The highest BCUT2D eigenvalue weighted by atomic mass is 32.2. The van der Waals surface area contributed by atoms with Crippen molar-refractivity contribution in [2.45, 2.75) is 31.4 Å². The third-order valence-electron chi connectivity index (χ3n) is 4.36. The van der Waals surface area contributed by atoms with Crippen LogP contribution in [0.3, 0.4) is 0 Å². The Bertz CT molecular complexity index is 236. The lowest BCUT2D eigenvalue weighted by Gasteiger charge is -2.38. The largest absolute Gasteiger partial charge is 0.381 e. The van der Waals surface area contributed by atoms with Crippen molar-refractivity contribution in [3.05, 3.63) is 0 Å². The fraction of sp³-hybridized carbons (Fsp3) is 1.00. The molecule has 2 heterocycles. The van der Waals surface area contributed by atoms with Crippen molar-refractivity contribution in [2.24, 2.45) is 5.41 Å². The number of nitrogens with one attached hydrogen (secondary N) is 1. The Labute approximate surface area is 116 Å². The predicted octanol–water partition coefficient (Wildman–Crippen LogP) is 1.83. The van der Waals surface area contributed by atoms with E-state index in [0.717, 1.165) is 31.6 Å². The van der Waals surface area contributed by atoms with Gasteiger partial charge in [-0.05, 0) is 45.2 Å². The van der Waals surface area contributed by atoms with E-state index in [0.29, 0.717) is 5.41 Å². The van der Waals surface area contributed by atoms with Crippen LogP contribution in [-0.4, -0.2) is 62.3 Å². The molecule has 2 saturated heterocycles. The minimum atomic E-state index is 0.377. The second-order valence-electron chi connectivity index (χ2n) is 5.79. The number of hydrogen-bond donors (Lipinski definition) is 1. The molecule has 0 aromatic rings. The summed E-state index contributed by atoms with van der Waals surface area (Å²) >= 11 is 2.04. The Hall–Kier alpha value is 0.230. The molecule has 3 nitrogen and oxygen atoms in total. The molecule has 0 radical (unpaired) electrons. The van der Waals surface area contributed by atoms with Crippen LogP contribution in [0.1, 0.15) is 26.2 Å². The minimum Gasteiger partial charge on any atom is -0.381 e. The normalized spacial score (nSPS) is 31.0. The standard InChI is InChI=1S/C14H28N2OS/c1-3-15-10-14(6-9-17-12-14)11-16-7-4-13(18-2)5-8-16/h13,15H,3-12H2,1-2H3. The van der Waals surface area contributed by atoms with E-state index < -0.39 is 0 Å². The molecule has 2 fully saturated rings. The van der Waals surface area contributed by atoms with Crippen LogP contribution in [0.4, 0.5) is 0 Å². The second kappa shape index (κ2) is 7.13. The van der Waals surface area contributed by atoms with E-state index in [4.69, 9.17) is 4.74 Å². The molecule has 106 valence electrons. The Morgan fingerprint density at radius 1 is 1.39 bits per heavy atom. The van der Waals surface area contributed by atoms with Crippen LogP contribution in [0.2, 0.25) is 0 Å². The van der Waals surface area contributed by atoms with Crippen LogP contribution in [0.25, 0.3) is 0 Å². The average molecular weight is 272 g/mol. The van der Waals surface area contributed by atoms with Crippen molar-refractivity contribution >= 4 is 11.8 Å². The van der Waals surface area contributed by atoms with Gasteiger partial charge in [0.1, 0.15) is 0 Å². The Morgan fingerprint density at radius 3 is 2.72 bits per heavy atom. The summed E-state index contributed by atoms with van der Waals surface area (Å²) in [4.78, 5) is 2.67. The lowest BCUT2D eigenvalue weighted by Crippen LogP contribution is -2.47. The maximum absolute atomic E-state index is 5.67. The zero-order chi connectivity index (χ0) is 12.8. The van der Waals surface area contributed by atoms with Gasteiger partial charge in [-0.25, -0.2) is 0 Å². The molecule has 0 spiro atoms. The van der Waals surface area contributed by atoms with Gasteiger partial charge in [-0.1, -0.05) is 6.92 Å². The van der Waals surface area contributed by atoms with Gasteiger partial charge in [-0.2, -0.15) is 11.8 Å². The zero-order valence-corrected chi connectivity index (χ0v) is 12.7. The van der Waals surface area contributed by atoms with Crippen LogP contribution in [0.15, 0.2) is 0 Å². The lowest BCUT2D eigenvalue weighted by molar-refractivity contribution is 0.0994. The smallest absolute Gasteiger partial charge is 0.0547 e. The first-order chi connectivity index (χ1) is 8.78. The molecule has 0 saturated carbocycles. The quantitative estimate of drug-likeness (QED) is 0.797. The van der Waals surface area contributed by atoms with Crippen LogP contribution in [0.5, 0.6) is 0 Å². The topological polar surface area (TPSA) is 24.5 Å². The van der Waals surface area contributed by atoms with Crippen LogP contribution in [0, 0.1) is 5.41 Å². The maximum Gasteiger partial charge on any atom is 0.0547 e. The second-order valence-corrected chi connectivity index (χ2v) is 6.93. The predicted molar refractivity (Wildman–Crippen MR) is 79.4 cm³/mol. The van der Waals surface area contributed by atoms with E-state index in [1.54, 1.807) is 0 Å². The molecule has 0 aliphatic carbocycles. The van der Waals surface area contributed by atoms with E-state index in [-0.39, 0.29) is 0 Å². The van der Waals surface area contributed by atoms with Crippen LogP contribution >= 0.6 is 11.8 Å². The number of piperidine rings is 1. The number of likely N-dealkylation sites (tertiary alicyclic amines) is 1. The summed E-state index contributed by atoms with van der Waals surface area (Å²) < 4.78 is 5.67. The van der Waals surface area contributed by atoms with E-state index in [1.807, 2.05) is 11.8 Å². The van der Waals surface area contributed by atoms with Gasteiger partial charge in [0.15, 0.2) is 0 Å². The number of hydrogen-bond acceptors (Lipinski definition) is 4. The number of ether oxygens (including phenoxy) is 1. The fourth-order valence-corrected chi connectivity index (χ4v) is 3.82. The van der Waals surface area contributed by atoms with Gasteiger partial charge in [0.05, 0.1) is 6.61 Å². The molecule has 0 amide bonds. The Morgan fingerprint density at radius 2 is 2.17 bits per heavy atom. The van der Waals surface area contributed by atoms with Crippen molar-refractivity contribution in [3.63, 3.8) is 0 Å². The van der Waals surface area contributed by atoms with Crippen molar-refractivity contribution in [3.8, 4) is 0 Å². The maximum atomic E-state index is 5.67. The summed E-state index contributed by atoms with van der Waals surface area (Å²) in [7, 11) is 0. The average Bonchev–Trinajstić information content (AvgIpc) is 2.86. The van der Waals surface area contributed by atoms with E-state index >= 15 is 0 Å². The summed E-state index contributed by atoms with van der Waals surface area (Å²) in [5, 5.41) is 4.42. The van der Waals surface area contributed by atoms with Gasteiger partial charge in [0, 0.05) is 30.4 Å². The number of thioether (sulfide) groups is 1. The molecule has 0 aromatic carbocycles. The molecular formula is C14H28N2OS. The molecular weight excluding hydrogens is 244 g/mol. The van der Waals surface area contributed by atoms with Gasteiger partial charge < -0.3 is 15.0 Å². The van der Waals surface area contributed by atoms with Crippen molar-refractivity contribution < 1.29 is 4.74 Å². The molecule has 2 aliphatic heterocycles. The van der Waals surface area contributed by atoms with Crippen LogP contribution < -0.4 is 5.32 Å². The van der Waals surface area contributed by atoms with Gasteiger partial charge in [0.2, 0.25) is 0 Å². The number of nitrogens with zero attached hydrogens (tertiary/aromatic N) is 1. The van der Waals surface area contributed by atoms with Gasteiger partial charge in [0.25, 0.3) is 0 Å². The summed E-state index contributed by atoms with van der Waals surface area (Å²) in [5.74, 6) is 0. The summed E-state index contributed by atoms with van der Waals surface area (Å²) in [6, 6.07) is 0. The SMILES string of the molecule is CCNCC1(CN2CCC(SC)CC2)CCOC1. The fourth-order valence-electron chi connectivity index (χ4n) is 3.14. The summed E-state index contributed by atoms with van der Waals surface area (Å²) in [6.45, 7) is 10.0. The van der Waals surface area contributed by atoms with Gasteiger partial charge in [-0.15, -0.1) is 0 Å².